The summed E-state index contributed by atoms with van der Waals surface area (Å²) in [6, 6.07) is 0. The summed E-state index contributed by atoms with van der Waals surface area (Å²) in [5.74, 6) is 0. The van der Waals surface area contributed by atoms with Gasteiger partial charge in [-0.25, -0.2) is 0 Å². The van der Waals surface area contributed by atoms with Crippen molar-refractivity contribution < 1.29 is 5.11 Å². The molecular weight excluding hydrogens is 142 g/mol. The van der Waals surface area contributed by atoms with Crippen molar-refractivity contribution in [1.29, 1.82) is 0 Å². The van der Waals surface area contributed by atoms with Gasteiger partial charge in [-0.15, -0.1) is 0 Å². The molecule has 0 aromatic carbocycles. The number of aliphatic hydroxyl groups excluding tert-OH is 1. The minimum Gasteiger partial charge on any atom is -0.396 e. The van der Waals surface area contributed by atoms with Crippen LogP contribution in [0.25, 0.3) is 10.4 Å². The second kappa shape index (κ2) is 1.90. The summed E-state index contributed by atoms with van der Waals surface area (Å²) in [5.41, 5.74) is 8.64. The third kappa shape index (κ3) is 0.767. The Bertz CT molecular complexity index is 212. The summed E-state index contributed by atoms with van der Waals surface area (Å²) in [6.07, 6.45) is 3.20. The Morgan fingerprint density at radius 1 is 1.36 bits per heavy atom. The molecule has 3 aliphatic rings. The molecule has 3 rings (SSSR count). The fourth-order valence-electron chi connectivity index (χ4n) is 2.75. The predicted octanol–water partition coefficient (Wildman–Crippen LogP) is 1.46. The van der Waals surface area contributed by atoms with Crippen LogP contribution in [-0.2, 0) is 0 Å². The number of rotatable bonds is 3. The molecule has 11 heavy (non-hydrogen) atoms. The van der Waals surface area contributed by atoms with Gasteiger partial charge in [-0.3, -0.25) is 0 Å². The van der Waals surface area contributed by atoms with E-state index in [2.05, 4.69) is 10.0 Å². The van der Waals surface area contributed by atoms with Crippen molar-refractivity contribution in [2.45, 2.75) is 19.3 Å². The standard InChI is InChI=1S/C7H11N3O/c8-10-9-4-6-1-7(2-6,3-6)5-11/h11H,1-5H2. The molecule has 60 valence electrons. The molecule has 4 nitrogen and oxygen atoms in total. The fourth-order valence-corrected chi connectivity index (χ4v) is 2.75. The number of nitrogens with zero attached hydrogens (tertiary/aromatic N) is 3. The van der Waals surface area contributed by atoms with Crippen LogP contribution >= 0.6 is 0 Å². The van der Waals surface area contributed by atoms with E-state index in [1.165, 1.54) is 0 Å². The van der Waals surface area contributed by atoms with E-state index in [9.17, 15) is 0 Å². The van der Waals surface area contributed by atoms with Crippen LogP contribution in [0.15, 0.2) is 5.11 Å². The number of hydrogen-bond acceptors (Lipinski definition) is 2. The lowest BCUT2D eigenvalue weighted by atomic mass is 9.35. The van der Waals surface area contributed by atoms with E-state index in [-0.39, 0.29) is 5.41 Å². The first-order valence-electron chi connectivity index (χ1n) is 3.86. The topological polar surface area (TPSA) is 69.0 Å². The Morgan fingerprint density at radius 2 is 2.00 bits per heavy atom. The highest BCUT2D eigenvalue weighted by atomic mass is 16.3. The molecular formula is C7H11N3O. The maximum absolute atomic E-state index is 8.92. The lowest BCUT2D eigenvalue weighted by Gasteiger charge is -2.70. The lowest BCUT2D eigenvalue weighted by Crippen LogP contribution is -2.64. The molecule has 2 bridgehead atoms. The third-order valence-electron chi connectivity index (χ3n) is 3.05. The summed E-state index contributed by atoms with van der Waals surface area (Å²) < 4.78 is 0. The van der Waals surface area contributed by atoms with Gasteiger partial charge in [-0.1, -0.05) is 5.11 Å². The quantitative estimate of drug-likeness (QED) is 0.372. The fraction of sp³-hybridized carbons (Fsp3) is 1.00. The van der Waals surface area contributed by atoms with Crippen LogP contribution in [0.1, 0.15) is 19.3 Å². The minimum atomic E-state index is 0.241. The van der Waals surface area contributed by atoms with E-state index in [0.29, 0.717) is 18.6 Å². The third-order valence-corrected chi connectivity index (χ3v) is 3.05. The zero-order chi connectivity index (χ0) is 7.95. The highest BCUT2D eigenvalue weighted by Gasteiger charge is 2.66. The first-order valence-corrected chi connectivity index (χ1v) is 3.86. The molecule has 0 aromatic heterocycles. The molecule has 3 aliphatic carbocycles. The Balaban J connectivity index is 1.89. The predicted molar refractivity (Wildman–Crippen MR) is 39.8 cm³/mol. The minimum absolute atomic E-state index is 0.241. The maximum atomic E-state index is 8.92. The van der Waals surface area contributed by atoms with Gasteiger partial charge < -0.3 is 5.11 Å². The SMILES string of the molecule is [N-]=[N+]=NCC12CC(CO)(C1)C2. The lowest BCUT2D eigenvalue weighted by molar-refractivity contribution is -0.216. The van der Waals surface area contributed by atoms with E-state index in [1.54, 1.807) is 0 Å². The van der Waals surface area contributed by atoms with Crippen LogP contribution in [0.4, 0.5) is 0 Å². The van der Waals surface area contributed by atoms with Crippen molar-refractivity contribution in [3.05, 3.63) is 10.4 Å². The molecule has 0 spiro atoms. The van der Waals surface area contributed by atoms with Gasteiger partial charge in [-0.05, 0) is 35.6 Å². The van der Waals surface area contributed by atoms with Gasteiger partial charge >= 0.3 is 0 Å². The van der Waals surface area contributed by atoms with Gasteiger partial charge in [0.1, 0.15) is 0 Å². The van der Waals surface area contributed by atoms with Crippen LogP contribution in [0, 0.1) is 10.8 Å². The van der Waals surface area contributed by atoms with Crippen molar-refractivity contribution in [3.63, 3.8) is 0 Å². The van der Waals surface area contributed by atoms with Gasteiger partial charge in [0.2, 0.25) is 0 Å². The number of hydrogen-bond donors (Lipinski definition) is 1. The first kappa shape index (κ1) is 6.95. The Kier molecular flexibility index (Phi) is 1.20. The van der Waals surface area contributed by atoms with Gasteiger partial charge in [0.25, 0.3) is 0 Å². The van der Waals surface area contributed by atoms with E-state index in [0.717, 1.165) is 19.3 Å². The Morgan fingerprint density at radius 3 is 2.45 bits per heavy atom. The molecule has 3 fully saturated rings. The summed E-state index contributed by atoms with van der Waals surface area (Å²) in [5, 5.41) is 12.5. The molecule has 4 heteroatoms. The Labute approximate surface area is 64.8 Å². The smallest absolute Gasteiger partial charge is 0.0488 e. The molecule has 0 radical (unpaired) electrons. The van der Waals surface area contributed by atoms with Gasteiger partial charge in [0.05, 0.1) is 0 Å². The Hall–Kier alpha value is -0.730. The molecule has 3 saturated carbocycles. The molecule has 0 heterocycles. The van der Waals surface area contributed by atoms with E-state index in [4.69, 9.17) is 10.6 Å². The number of aliphatic hydroxyl groups is 1. The van der Waals surface area contributed by atoms with E-state index < -0.39 is 0 Å². The van der Waals surface area contributed by atoms with Crippen molar-refractivity contribution in [2.24, 2.45) is 15.9 Å². The van der Waals surface area contributed by atoms with E-state index in [1.807, 2.05) is 0 Å². The van der Waals surface area contributed by atoms with Crippen LogP contribution in [-0.4, -0.2) is 18.3 Å². The summed E-state index contributed by atoms with van der Waals surface area (Å²) >= 11 is 0. The average molecular weight is 153 g/mol. The second-order valence-corrected chi connectivity index (χ2v) is 4.08. The van der Waals surface area contributed by atoms with Crippen molar-refractivity contribution in [1.82, 2.24) is 0 Å². The first-order chi connectivity index (χ1) is 5.24. The average Bonchev–Trinajstić information content (AvgIpc) is 1.83. The van der Waals surface area contributed by atoms with E-state index >= 15 is 0 Å². The molecule has 0 aliphatic heterocycles. The van der Waals surface area contributed by atoms with Crippen LogP contribution in [0.5, 0.6) is 0 Å². The molecule has 0 atom stereocenters. The molecule has 0 aromatic rings. The zero-order valence-electron chi connectivity index (χ0n) is 6.32. The highest BCUT2D eigenvalue weighted by Crippen LogP contribution is 2.73. The van der Waals surface area contributed by atoms with Gasteiger partial charge in [0, 0.05) is 18.1 Å². The zero-order valence-corrected chi connectivity index (χ0v) is 6.32. The number of azide groups is 1. The van der Waals surface area contributed by atoms with Crippen LogP contribution in [0.2, 0.25) is 0 Å². The highest BCUT2D eigenvalue weighted by molar-refractivity contribution is 5.17. The monoisotopic (exact) mass is 153 g/mol. The molecule has 0 unspecified atom stereocenters. The summed E-state index contributed by atoms with van der Waals surface area (Å²) in [6.45, 7) is 0.941. The molecule has 1 N–H and O–H groups in total. The summed E-state index contributed by atoms with van der Waals surface area (Å²) in [4.78, 5) is 2.74. The van der Waals surface area contributed by atoms with Gasteiger partial charge in [-0.2, -0.15) is 0 Å². The van der Waals surface area contributed by atoms with Crippen molar-refractivity contribution >= 4 is 0 Å². The van der Waals surface area contributed by atoms with Crippen molar-refractivity contribution in [2.75, 3.05) is 13.2 Å². The normalized spacial score (nSPS) is 45.2. The van der Waals surface area contributed by atoms with Crippen LogP contribution in [0.3, 0.4) is 0 Å². The maximum Gasteiger partial charge on any atom is 0.0488 e. The molecule has 0 saturated heterocycles. The second-order valence-electron chi connectivity index (χ2n) is 4.08. The molecule has 0 amide bonds. The van der Waals surface area contributed by atoms with Crippen molar-refractivity contribution in [3.8, 4) is 0 Å². The van der Waals surface area contributed by atoms with Gasteiger partial charge in [0.15, 0.2) is 0 Å². The van der Waals surface area contributed by atoms with Crippen LogP contribution < -0.4 is 0 Å². The largest absolute Gasteiger partial charge is 0.396 e. The summed E-state index contributed by atoms with van der Waals surface area (Å²) in [7, 11) is 0.